The van der Waals surface area contributed by atoms with Crippen molar-refractivity contribution >= 4 is 27.9 Å². The van der Waals surface area contributed by atoms with Gasteiger partial charge < -0.3 is 0 Å². The maximum absolute atomic E-state index is 11.4. The van der Waals surface area contributed by atoms with Crippen LogP contribution in [-0.4, -0.2) is 15.7 Å². The fourth-order valence-electron chi connectivity index (χ4n) is 2.16. The Bertz CT molecular complexity index is 760. The molecule has 2 heterocycles. The highest BCUT2D eigenvalue weighted by atomic mass is 79.9. The molecular formula is C15H11BrN2O. The Labute approximate surface area is 119 Å². The Hall–Kier alpha value is -1.94. The van der Waals surface area contributed by atoms with Gasteiger partial charge in [0.1, 0.15) is 17.0 Å². The summed E-state index contributed by atoms with van der Waals surface area (Å²) in [6.45, 7) is 1.99. The number of carbonyl (C=O) groups is 1. The molecule has 0 saturated heterocycles. The smallest absolute Gasteiger partial charge is 0.169 e. The van der Waals surface area contributed by atoms with E-state index in [9.17, 15) is 4.79 Å². The lowest BCUT2D eigenvalue weighted by Crippen LogP contribution is -1.92. The van der Waals surface area contributed by atoms with Crippen molar-refractivity contribution in [1.29, 1.82) is 0 Å². The van der Waals surface area contributed by atoms with Gasteiger partial charge in [-0.2, -0.15) is 0 Å². The van der Waals surface area contributed by atoms with Gasteiger partial charge >= 0.3 is 0 Å². The summed E-state index contributed by atoms with van der Waals surface area (Å²) < 4.78 is 2.84. The van der Waals surface area contributed by atoms with Gasteiger partial charge in [0.05, 0.1) is 0 Å². The SMILES string of the molecule is Cc1cccn2c(C=O)c(-c3ccc(Br)cc3)nc12. The third kappa shape index (κ3) is 1.98. The molecule has 0 aliphatic heterocycles. The zero-order chi connectivity index (χ0) is 13.4. The second-order valence-electron chi connectivity index (χ2n) is 4.36. The van der Waals surface area contributed by atoms with Crippen molar-refractivity contribution in [2.75, 3.05) is 0 Å². The molecule has 3 rings (SSSR count). The van der Waals surface area contributed by atoms with Crippen LogP contribution in [0.2, 0.25) is 0 Å². The topological polar surface area (TPSA) is 34.4 Å². The first-order valence-electron chi connectivity index (χ1n) is 5.89. The normalized spacial score (nSPS) is 10.8. The fourth-order valence-corrected chi connectivity index (χ4v) is 2.42. The number of benzene rings is 1. The van der Waals surface area contributed by atoms with E-state index in [0.29, 0.717) is 5.69 Å². The number of hydrogen-bond acceptors (Lipinski definition) is 2. The highest BCUT2D eigenvalue weighted by Gasteiger charge is 2.14. The van der Waals surface area contributed by atoms with E-state index in [1.54, 1.807) is 0 Å². The summed E-state index contributed by atoms with van der Waals surface area (Å²) in [4.78, 5) is 16.0. The van der Waals surface area contributed by atoms with Crippen molar-refractivity contribution in [3.05, 3.63) is 58.3 Å². The monoisotopic (exact) mass is 314 g/mol. The number of rotatable bonds is 2. The van der Waals surface area contributed by atoms with Gasteiger partial charge in [-0.3, -0.25) is 9.20 Å². The van der Waals surface area contributed by atoms with Crippen molar-refractivity contribution < 1.29 is 4.79 Å². The summed E-state index contributed by atoms with van der Waals surface area (Å²) in [5, 5.41) is 0. The van der Waals surface area contributed by atoms with Gasteiger partial charge in [0.2, 0.25) is 0 Å². The molecule has 19 heavy (non-hydrogen) atoms. The summed E-state index contributed by atoms with van der Waals surface area (Å²) in [5.74, 6) is 0. The zero-order valence-electron chi connectivity index (χ0n) is 10.3. The lowest BCUT2D eigenvalue weighted by Gasteiger charge is -1.99. The lowest BCUT2D eigenvalue weighted by molar-refractivity contribution is 0.111. The van der Waals surface area contributed by atoms with Crippen molar-refractivity contribution in [3.8, 4) is 11.3 Å². The van der Waals surface area contributed by atoms with Crippen molar-refractivity contribution in [2.24, 2.45) is 0 Å². The molecule has 0 aliphatic carbocycles. The van der Waals surface area contributed by atoms with E-state index in [0.717, 1.165) is 33.2 Å². The van der Waals surface area contributed by atoms with Gasteiger partial charge in [-0.15, -0.1) is 0 Å². The predicted molar refractivity (Wildman–Crippen MR) is 78.5 cm³/mol. The Kier molecular flexibility index (Phi) is 2.95. The van der Waals surface area contributed by atoms with Crippen LogP contribution in [0.4, 0.5) is 0 Å². The van der Waals surface area contributed by atoms with Gasteiger partial charge in [0, 0.05) is 16.2 Å². The highest BCUT2D eigenvalue weighted by Crippen LogP contribution is 2.25. The Morgan fingerprint density at radius 1 is 1.21 bits per heavy atom. The summed E-state index contributed by atoms with van der Waals surface area (Å²) >= 11 is 3.40. The fraction of sp³-hybridized carbons (Fsp3) is 0.0667. The standard InChI is InChI=1S/C15H11BrN2O/c1-10-3-2-8-18-13(9-19)14(17-15(10)18)11-4-6-12(16)7-5-11/h2-9H,1H3. The molecule has 0 aliphatic rings. The summed E-state index contributed by atoms with van der Waals surface area (Å²) in [7, 11) is 0. The number of aldehydes is 1. The molecular weight excluding hydrogens is 304 g/mol. The highest BCUT2D eigenvalue weighted by molar-refractivity contribution is 9.10. The zero-order valence-corrected chi connectivity index (χ0v) is 11.9. The summed E-state index contributed by atoms with van der Waals surface area (Å²) in [6, 6.07) is 11.7. The van der Waals surface area contributed by atoms with Crippen LogP contribution in [0.1, 0.15) is 16.1 Å². The third-order valence-corrected chi connectivity index (χ3v) is 3.64. The minimum Gasteiger partial charge on any atom is -0.297 e. The number of aryl methyl sites for hydroxylation is 1. The second kappa shape index (κ2) is 4.63. The number of hydrogen-bond donors (Lipinski definition) is 0. The molecule has 0 saturated carbocycles. The van der Waals surface area contributed by atoms with E-state index in [4.69, 9.17) is 0 Å². The quantitative estimate of drug-likeness (QED) is 0.673. The molecule has 0 spiro atoms. The molecule has 0 amide bonds. The van der Waals surface area contributed by atoms with Crippen LogP contribution in [-0.2, 0) is 0 Å². The molecule has 3 aromatic rings. The first-order valence-corrected chi connectivity index (χ1v) is 6.69. The number of nitrogens with zero attached hydrogens (tertiary/aromatic N) is 2. The van der Waals surface area contributed by atoms with Crippen LogP contribution < -0.4 is 0 Å². The maximum atomic E-state index is 11.4. The van der Waals surface area contributed by atoms with Crippen molar-refractivity contribution in [2.45, 2.75) is 6.92 Å². The largest absolute Gasteiger partial charge is 0.297 e. The molecule has 0 atom stereocenters. The van der Waals surface area contributed by atoms with E-state index in [1.807, 2.05) is 53.9 Å². The summed E-state index contributed by atoms with van der Waals surface area (Å²) in [6.07, 6.45) is 2.72. The molecule has 1 aromatic carbocycles. The average molecular weight is 315 g/mol. The van der Waals surface area contributed by atoms with E-state index in [1.165, 1.54) is 0 Å². The lowest BCUT2D eigenvalue weighted by atomic mass is 10.1. The molecule has 0 radical (unpaired) electrons. The van der Waals surface area contributed by atoms with Crippen LogP contribution >= 0.6 is 15.9 Å². The van der Waals surface area contributed by atoms with Crippen molar-refractivity contribution in [3.63, 3.8) is 0 Å². The molecule has 0 unspecified atom stereocenters. The number of carbonyl (C=O) groups excluding carboxylic acids is 1. The van der Waals surface area contributed by atoms with Crippen LogP contribution in [0.15, 0.2) is 47.1 Å². The van der Waals surface area contributed by atoms with E-state index in [-0.39, 0.29) is 0 Å². The minimum absolute atomic E-state index is 0.584. The van der Waals surface area contributed by atoms with Crippen LogP contribution in [0.5, 0.6) is 0 Å². The van der Waals surface area contributed by atoms with Gasteiger partial charge in [0.15, 0.2) is 6.29 Å². The molecule has 4 heteroatoms. The Balaban J connectivity index is 2.32. The van der Waals surface area contributed by atoms with E-state index < -0.39 is 0 Å². The Morgan fingerprint density at radius 2 is 1.95 bits per heavy atom. The predicted octanol–water partition coefficient (Wildman–Crippen LogP) is 3.88. The van der Waals surface area contributed by atoms with Gasteiger partial charge in [-0.05, 0) is 30.7 Å². The molecule has 0 N–H and O–H groups in total. The van der Waals surface area contributed by atoms with Crippen LogP contribution in [0, 0.1) is 6.92 Å². The van der Waals surface area contributed by atoms with Crippen LogP contribution in [0.25, 0.3) is 16.9 Å². The number of aromatic nitrogens is 2. The second-order valence-corrected chi connectivity index (χ2v) is 5.27. The van der Waals surface area contributed by atoms with E-state index >= 15 is 0 Å². The third-order valence-electron chi connectivity index (χ3n) is 3.11. The van der Waals surface area contributed by atoms with Gasteiger partial charge in [0.25, 0.3) is 0 Å². The van der Waals surface area contributed by atoms with Crippen molar-refractivity contribution in [1.82, 2.24) is 9.38 Å². The Morgan fingerprint density at radius 3 is 2.63 bits per heavy atom. The first kappa shape index (κ1) is 12.1. The van der Waals surface area contributed by atoms with Crippen LogP contribution in [0.3, 0.4) is 0 Å². The number of halogens is 1. The molecule has 94 valence electrons. The van der Waals surface area contributed by atoms with E-state index in [2.05, 4.69) is 20.9 Å². The average Bonchev–Trinajstić information content (AvgIpc) is 2.79. The molecule has 0 bridgehead atoms. The molecule has 3 nitrogen and oxygen atoms in total. The number of fused-ring (bicyclic) bond motifs is 1. The molecule has 2 aromatic heterocycles. The summed E-state index contributed by atoms with van der Waals surface area (Å²) in [5.41, 5.74) is 4.11. The van der Waals surface area contributed by atoms with Gasteiger partial charge in [-0.25, -0.2) is 4.98 Å². The first-order chi connectivity index (χ1) is 9.20. The number of imidazole rings is 1. The van der Waals surface area contributed by atoms with Gasteiger partial charge in [-0.1, -0.05) is 34.1 Å². The maximum Gasteiger partial charge on any atom is 0.169 e. The number of pyridine rings is 1. The molecule has 0 fully saturated rings. The minimum atomic E-state index is 0.584.